The Morgan fingerprint density at radius 2 is 1.86 bits per heavy atom. The van der Waals surface area contributed by atoms with Gasteiger partial charge in [-0.2, -0.15) is 5.10 Å². The largest absolute Gasteiger partial charge is 0.382 e. The minimum absolute atomic E-state index is 0.281. The first-order chi connectivity index (χ1) is 10.1. The van der Waals surface area contributed by atoms with Crippen molar-refractivity contribution >= 4 is 17.4 Å². The van der Waals surface area contributed by atoms with Crippen molar-refractivity contribution in [2.75, 3.05) is 5.73 Å². The number of rotatable bonds is 2. The van der Waals surface area contributed by atoms with Crippen molar-refractivity contribution < 1.29 is 4.39 Å². The number of halogens is 2. The number of aromatic amines is 1. The molecule has 0 aliphatic rings. The van der Waals surface area contributed by atoms with Gasteiger partial charge >= 0.3 is 0 Å². The van der Waals surface area contributed by atoms with Gasteiger partial charge in [0.15, 0.2) is 5.82 Å². The highest BCUT2D eigenvalue weighted by atomic mass is 35.5. The van der Waals surface area contributed by atoms with Crippen LogP contribution < -0.4 is 5.73 Å². The van der Waals surface area contributed by atoms with Crippen LogP contribution in [0.15, 0.2) is 42.5 Å². The molecular weight excluding hydrogens is 289 g/mol. The predicted octanol–water partition coefficient (Wildman–Crippen LogP) is 4.43. The fourth-order valence-corrected chi connectivity index (χ4v) is 2.43. The molecule has 2 aromatic carbocycles. The first-order valence-electron chi connectivity index (χ1n) is 6.43. The van der Waals surface area contributed by atoms with Gasteiger partial charge in [-0.1, -0.05) is 35.9 Å². The summed E-state index contributed by atoms with van der Waals surface area (Å²) in [5.41, 5.74) is 9.04. The molecule has 3 rings (SSSR count). The van der Waals surface area contributed by atoms with Crippen LogP contribution in [0.1, 0.15) is 5.56 Å². The maximum absolute atomic E-state index is 14.3. The van der Waals surface area contributed by atoms with Crippen LogP contribution in [0.3, 0.4) is 0 Å². The van der Waals surface area contributed by atoms with E-state index >= 15 is 0 Å². The van der Waals surface area contributed by atoms with E-state index < -0.39 is 0 Å². The summed E-state index contributed by atoms with van der Waals surface area (Å²) >= 11 is 5.90. The van der Waals surface area contributed by atoms with Gasteiger partial charge in [-0.25, -0.2) is 4.39 Å². The van der Waals surface area contributed by atoms with Gasteiger partial charge in [0.1, 0.15) is 5.82 Å². The Labute approximate surface area is 126 Å². The summed E-state index contributed by atoms with van der Waals surface area (Å²) in [6.45, 7) is 1.72. The number of nitrogens with two attached hydrogens (primary N) is 1. The molecule has 0 saturated heterocycles. The summed E-state index contributed by atoms with van der Waals surface area (Å²) in [6, 6.07) is 12.4. The SMILES string of the molecule is Cc1cccc(-c2[nH]nc(N)c2-c2ccc(Cl)cc2)c1F. The van der Waals surface area contributed by atoms with Crippen molar-refractivity contribution in [2.45, 2.75) is 6.92 Å². The summed E-state index contributed by atoms with van der Waals surface area (Å²) in [4.78, 5) is 0. The second-order valence-corrected chi connectivity index (χ2v) is 5.24. The molecular formula is C16H13ClFN3. The van der Waals surface area contributed by atoms with Crippen LogP contribution in [0.25, 0.3) is 22.4 Å². The molecule has 0 aliphatic heterocycles. The van der Waals surface area contributed by atoms with Crippen molar-refractivity contribution in [2.24, 2.45) is 0 Å². The quantitative estimate of drug-likeness (QED) is 0.736. The molecule has 3 nitrogen and oxygen atoms in total. The molecule has 1 aromatic heterocycles. The standard InChI is InChI=1S/C16H13ClFN3/c1-9-3-2-4-12(14(9)18)15-13(16(19)21-20-15)10-5-7-11(17)8-6-10/h2-8H,1H3,(H3,19,20,21). The summed E-state index contributed by atoms with van der Waals surface area (Å²) in [5, 5.41) is 7.47. The van der Waals surface area contributed by atoms with Gasteiger partial charge in [0.05, 0.1) is 11.3 Å². The number of hydrogen-bond donors (Lipinski definition) is 2. The molecule has 0 spiro atoms. The molecule has 1 heterocycles. The van der Waals surface area contributed by atoms with Crippen LogP contribution >= 0.6 is 11.6 Å². The number of nitrogens with zero attached hydrogens (tertiary/aromatic N) is 1. The molecule has 3 N–H and O–H groups in total. The molecule has 0 radical (unpaired) electrons. The molecule has 0 atom stereocenters. The van der Waals surface area contributed by atoms with Crippen LogP contribution in [0.2, 0.25) is 5.02 Å². The predicted molar refractivity (Wildman–Crippen MR) is 83.6 cm³/mol. The molecule has 0 amide bonds. The van der Waals surface area contributed by atoms with Gasteiger partial charge in [0, 0.05) is 10.6 Å². The molecule has 21 heavy (non-hydrogen) atoms. The van der Waals surface area contributed by atoms with E-state index in [9.17, 15) is 4.39 Å². The van der Waals surface area contributed by atoms with E-state index in [2.05, 4.69) is 10.2 Å². The second-order valence-electron chi connectivity index (χ2n) is 4.80. The fourth-order valence-electron chi connectivity index (χ4n) is 2.30. The lowest BCUT2D eigenvalue weighted by Crippen LogP contribution is -1.92. The van der Waals surface area contributed by atoms with Gasteiger partial charge in [-0.15, -0.1) is 0 Å². The Bertz CT molecular complexity index is 794. The molecule has 0 aliphatic carbocycles. The zero-order valence-corrected chi connectivity index (χ0v) is 12.1. The number of nitrogen functional groups attached to an aromatic ring is 1. The minimum Gasteiger partial charge on any atom is -0.382 e. The first-order valence-corrected chi connectivity index (χ1v) is 6.81. The van der Waals surface area contributed by atoms with Crippen molar-refractivity contribution in [3.8, 4) is 22.4 Å². The zero-order valence-electron chi connectivity index (χ0n) is 11.3. The Morgan fingerprint density at radius 1 is 1.14 bits per heavy atom. The van der Waals surface area contributed by atoms with Crippen molar-refractivity contribution in [3.63, 3.8) is 0 Å². The van der Waals surface area contributed by atoms with Crippen LogP contribution in [0, 0.1) is 12.7 Å². The lowest BCUT2D eigenvalue weighted by Gasteiger charge is -2.07. The van der Waals surface area contributed by atoms with E-state index in [4.69, 9.17) is 17.3 Å². The van der Waals surface area contributed by atoms with Crippen molar-refractivity contribution in [1.29, 1.82) is 0 Å². The third-order valence-corrected chi connectivity index (χ3v) is 3.64. The lowest BCUT2D eigenvalue weighted by atomic mass is 9.99. The number of hydrogen-bond acceptors (Lipinski definition) is 2. The molecule has 0 unspecified atom stereocenters. The summed E-state index contributed by atoms with van der Waals surface area (Å²) in [7, 11) is 0. The third kappa shape index (κ3) is 2.38. The number of nitrogens with one attached hydrogen (secondary N) is 1. The monoisotopic (exact) mass is 301 g/mol. The van der Waals surface area contributed by atoms with Crippen LogP contribution in [0.4, 0.5) is 10.2 Å². The van der Waals surface area contributed by atoms with E-state index in [-0.39, 0.29) is 5.82 Å². The van der Waals surface area contributed by atoms with Crippen LogP contribution in [0.5, 0.6) is 0 Å². The van der Waals surface area contributed by atoms with Crippen LogP contribution in [-0.2, 0) is 0 Å². The second kappa shape index (κ2) is 5.22. The van der Waals surface area contributed by atoms with Gasteiger partial charge < -0.3 is 5.73 Å². The fraction of sp³-hybridized carbons (Fsp3) is 0.0625. The topological polar surface area (TPSA) is 54.7 Å². The molecule has 5 heteroatoms. The van der Waals surface area contributed by atoms with Crippen molar-refractivity contribution in [1.82, 2.24) is 10.2 Å². The van der Waals surface area contributed by atoms with Crippen LogP contribution in [-0.4, -0.2) is 10.2 Å². The first kappa shape index (κ1) is 13.6. The number of H-pyrrole nitrogens is 1. The average molecular weight is 302 g/mol. The van der Waals surface area contributed by atoms with Crippen molar-refractivity contribution in [3.05, 3.63) is 58.9 Å². The Kier molecular flexibility index (Phi) is 3.39. The maximum atomic E-state index is 14.3. The van der Waals surface area contributed by atoms with Gasteiger partial charge in [-0.05, 0) is 36.2 Å². The van der Waals surface area contributed by atoms with E-state index in [1.807, 2.05) is 12.1 Å². The minimum atomic E-state index is -0.281. The molecule has 106 valence electrons. The zero-order chi connectivity index (χ0) is 15.0. The average Bonchev–Trinajstić information content (AvgIpc) is 2.85. The van der Waals surface area contributed by atoms with E-state index in [1.54, 1.807) is 37.3 Å². The highest BCUT2D eigenvalue weighted by Crippen LogP contribution is 2.36. The Balaban J connectivity index is 2.22. The highest BCUT2D eigenvalue weighted by Gasteiger charge is 2.18. The number of anilines is 1. The van der Waals surface area contributed by atoms with Gasteiger partial charge in [-0.3, -0.25) is 5.10 Å². The highest BCUT2D eigenvalue weighted by molar-refractivity contribution is 6.30. The Morgan fingerprint density at radius 3 is 2.57 bits per heavy atom. The number of aryl methyl sites for hydroxylation is 1. The summed E-state index contributed by atoms with van der Waals surface area (Å²) in [5.74, 6) is 0.0459. The molecule has 0 bridgehead atoms. The normalized spacial score (nSPS) is 10.8. The van der Waals surface area contributed by atoms with E-state index in [0.29, 0.717) is 33.2 Å². The number of aromatic nitrogens is 2. The number of benzene rings is 2. The molecule has 0 fully saturated rings. The van der Waals surface area contributed by atoms with Gasteiger partial charge in [0.2, 0.25) is 0 Å². The Hall–Kier alpha value is -2.33. The van der Waals surface area contributed by atoms with E-state index in [0.717, 1.165) is 5.56 Å². The third-order valence-electron chi connectivity index (χ3n) is 3.39. The van der Waals surface area contributed by atoms with Gasteiger partial charge in [0.25, 0.3) is 0 Å². The summed E-state index contributed by atoms with van der Waals surface area (Å²) in [6.07, 6.45) is 0. The maximum Gasteiger partial charge on any atom is 0.153 e. The lowest BCUT2D eigenvalue weighted by molar-refractivity contribution is 0.621. The van der Waals surface area contributed by atoms with E-state index in [1.165, 1.54) is 0 Å². The molecule has 3 aromatic rings. The smallest absolute Gasteiger partial charge is 0.153 e. The summed E-state index contributed by atoms with van der Waals surface area (Å²) < 4.78 is 14.3. The molecule has 0 saturated carbocycles.